The van der Waals surface area contributed by atoms with Gasteiger partial charge in [0.1, 0.15) is 0 Å². The molecule has 0 aliphatic heterocycles. The Balaban J connectivity index is 0.915. The maximum atomic E-state index is 5.84. The zero-order valence-electron chi connectivity index (χ0n) is 43.3. The number of nitrogens with zero attached hydrogens (tertiary/aromatic N) is 5. The SMILES string of the molecule is c1ccc(-c2ccc3c(c2)c2cc(-c4ccccc4)ccc2n3-c2ccc3c(c2)c2cc(-n4c5ccc(-c6ccccc6)cc5c5cc(-c6ccccc6)ccc54)ccc2n3-c2ccc(-c3nc(-c4ccccc4)no3)cc2)cc1. The molecule has 0 saturated heterocycles. The van der Waals surface area contributed by atoms with E-state index < -0.39 is 0 Å². The van der Waals surface area contributed by atoms with Crippen LogP contribution in [0.4, 0.5) is 0 Å². The van der Waals surface area contributed by atoms with E-state index in [4.69, 9.17) is 9.51 Å². The third-order valence-corrected chi connectivity index (χ3v) is 16.0. The molecule has 80 heavy (non-hydrogen) atoms. The normalized spacial score (nSPS) is 11.8. The van der Waals surface area contributed by atoms with Crippen molar-refractivity contribution in [3.63, 3.8) is 0 Å². The highest BCUT2D eigenvalue weighted by Crippen LogP contribution is 2.43. The van der Waals surface area contributed by atoms with Crippen molar-refractivity contribution in [1.29, 1.82) is 0 Å². The summed E-state index contributed by atoms with van der Waals surface area (Å²) in [5.41, 5.74) is 21.3. The number of aromatic nitrogens is 5. The topological polar surface area (TPSA) is 53.7 Å². The van der Waals surface area contributed by atoms with E-state index in [9.17, 15) is 0 Å². The molecule has 0 radical (unpaired) electrons. The largest absolute Gasteiger partial charge is 0.334 e. The molecule has 16 rings (SSSR count). The average molecular weight is 1020 g/mol. The van der Waals surface area contributed by atoms with E-state index in [2.05, 4.69) is 274 Å². The van der Waals surface area contributed by atoms with Crippen LogP contribution in [-0.2, 0) is 0 Å². The lowest BCUT2D eigenvalue weighted by Crippen LogP contribution is -1.96. The van der Waals surface area contributed by atoms with Crippen molar-refractivity contribution in [2.75, 3.05) is 0 Å². The molecule has 0 aliphatic carbocycles. The Kier molecular flexibility index (Phi) is 10.5. The first-order valence-electron chi connectivity index (χ1n) is 27.1. The van der Waals surface area contributed by atoms with Crippen LogP contribution in [0.15, 0.2) is 290 Å². The Labute approximate surface area is 460 Å². The van der Waals surface area contributed by atoms with Gasteiger partial charge in [0.15, 0.2) is 0 Å². The van der Waals surface area contributed by atoms with E-state index in [-0.39, 0.29) is 0 Å². The first kappa shape index (κ1) is 45.4. The Morgan fingerprint density at radius 3 is 0.850 bits per heavy atom. The van der Waals surface area contributed by atoms with Crippen LogP contribution in [0.1, 0.15) is 0 Å². The van der Waals surface area contributed by atoms with Crippen molar-refractivity contribution in [3.05, 3.63) is 285 Å². The molecule has 0 aliphatic rings. The van der Waals surface area contributed by atoms with Gasteiger partial charge in [0.05, 0.1) is 33.1 Å². The van der Waals surface area contributed by atoms with Crippen LogP contribution < -0.4 is 0 Å². The molecule has 16 aromatic rings. The third kappa shape index (κ3) is 7.49. The van der Waals surface area contributed by atoms with Crippen molar-refractivity contribution in [1.82, 2.24) is 23.8 Å². The molecule has 4 aromatic heterocycles. The molecule has 0 spiro atoms. The molecule has 0 atom stereocenters. The van der Waals surface area contributed by atoms with Gasteiger partial charge in [0.25, 0.3) is 5.89 Å². The van der Waals surface area contributed by atoms with E-state index >= 15 is 0 Å². The van der Waals surface area contributed by atoms with Gasteiger partial charge in [-0.05, 0) is 154 Å². The number of hydrogen-bond acceptors (Lipinski definition) is 3. The summed E-state index contributed by atoms with van der Waals surface area (Å²) in [4.78, 5) is 4.79. The van der Waals surface area contributed by atoms with Crippen molar-refractivity contribution >= 4 is 65.4 Å². The minimum absolute atomic E-state index is 0.475. The number of fused-ring (bicyclic) bond motifs is 9. The quantitative estimate of drug-likeness (QED) is 0.145. The summed E-state index contributed by atoms with van der Waals surface area (Å²) in [6.07, 6.45) is 0. The lowest BCUT2D eigenvalue weighted by Gasteiger charge is -2.11. The van der Waals surface area contributed by atoms with Crippen LogP contribution in [0.25, 0.3) is 150 Å². The lowest BCUT2D eigenvalue weighted by molar-refractivity contribution is 0.432. The number of hydrogen-bond donors (Lipinski definition) is 0. The standard InChI is InChI=1S/C74H47N5O/c1-6-16-48(17-7-1)54-28-36-67-61(42-54)62-43-55(49-18-8-2-9-19-49)29-37-68(62)78(67)59-34-40-71-65(46-59)66-47-60(35-41-72(66)77(71)58-32-26-53(27-33-58)74-75-73(76-80-74)52-24-14-5-15-25-52)79-69-38-30-56(50-20-10-3-11-21-50)44-63(69)64-45-57(31-39-70(64)79)51-22-12-4-13-23-51/h1-47H. The molecular weight excluding hydrogens is 975 g/mol. The Morgan fingerprint density at radius 1 is 0.225 bits per heavy atom. The predicted molar refractivity (Wildman–Crippen MR) is 330 cm³/mol. The van der Waals surface area contributed by atoms with Crippen molar-refractivity contribution in [3.8, 4) is 84.4 Å². The fraction of sp³-hybridized carbons (Fsp3) is 0. The minimum atomic E-state index is 0.475. The predicted octanol–water partition coefficient (Wildman–Crippen LogP) is 19.4. The lowest BCUT2D eigenvalue weighted by atomic mass is 10.0. The monoisotopic (exact) mass is 1020 g/mol. The highest BCUT2D eigenvalue weighted by Gasteiger charge is 2.21. The van der Waals surface area contributed by atoms with E-state index in [0.29, 0.717) is 11.7 Å². The molecule has 12 aromatic carbocycles. The Bertz CT molecular complexity index is 4570. The highest BCUT2D eigenvalue weighted by atomic mass is 16.5. The summed E-state index contributed by atoms with van der Waals surface area (Å²) in [5, 5.41) is 11.4. The second-order valence-corrected chi connectivity index (χ2v) is 20.6. The Morgan fingerprint density at radius 2 is 0.500 bits per heavy atom. The van der Waals surface area contributed by atoms with Crippen molar-refractivity contribution < 1.29 is 4.52 Å². The zero-order valence-corrected chi connectivity index (χ0v) is 43.3. The molecule has 0 fully saturated rings. The van der Waals surface area contributed by atoms with Gasteiger partial charge in [-0.3, -0.25) is 0 Å². The molecule has 374 valence electrons. The first-order chi connectivity index (χ1) is 39.6. The molecule has 6 nitrogen and oxygen atoms in total. The number of benzene rings is 12. The van der Waals surface area contributed by atoms with E-state index in [0.717, 1.165) is 72.1 Å². The van der Waals surface area contributed by atoms with Crippen LogP contribution in [0.5, 0.6) is 0 Å². The van der Waals surface area contributed by atoms with Gasteiger partial charge in [-0.25, -0.2) is 0 Å². The van der Waals surface area contributed by atoms with Gasteiger partial charge in [-0.15, -0.1) is 0 Å². The van der Waals surface area contributed by atoms with E-state index in [1.807, 2.05) is 30.3 Å². The first-order valence-corrected chi connectivity index (χ1v) is 27.1. The van der Waals surface area contributed by atoms with Gasteiger partial charge in [0.2, 0.25) is 5.82 Å². The summed E-state index contributed by atoms with van der Waals surface area (Å²) in [6, 6.07) is 103. The molecule has 4 heterocycles. The summed E-state index contributed by atoms with van der Waals surface area (Å²) < 4.78 is 13.1. The maximum absolute atomic E-state index is 5.84. The molecule has 0 saturated carbocycles. The van der Waals surface area contributed by atoms with Gasteiger partial charge in [0, 0.05) is 60.5 Å². The molecule has 0 unspecified atom stereocenters. The average Bonchev–Trinajstić information content (AvgIpc) is 4.38. The number of rotatable bonds is 9. The van der Waals surface area contributed by atoms with E-state index in [1.165, 1.54) is 66.1 Å². The van der Waals surface area contributed by atoms with E-state index in [1.54, 1.807) is 0 Å². The maximum Gasteiger partial charge on any atom is 0.258 e. The van der Waals surface area contributed by atoms with Gasteiger partial charge in [-0.1, -0.05) is 181 Å². The van der Waals surface area contributed by atoms with Gasteiger partial charge < -0.3 is 18.2 Å². The van der Waals surface area contributed by atoms with Crippen LogP contribution in [0.3, 0.4) is 0 Å². The fourth-order valence-corrected chi connectivity index (χ4v) is 12.2. The smallest absolute Gasteiger partial charge is 0.258 e. The molecular formula is C74H47N5O. The highest BCUT2D eigenvalue weighted by molar-refractivity contribution is 6.15. The second kappa shape index (κ2) is 18.4. The summed E-state index contributed by atoms with van der Waals surface area (Å²) in [7, 11) is 0. The van der Waals surface area contributed by atoms with Crippen LogP contribution in [0, 0.1) is 0 Å². The zero-order chi connectivity index (χ0) is 52.7. The van der Waals surface area contributed by atoms with Crippen molar-refractivity contribution in [2.45, 2.75) is 0 Å². The molecule has 0 N–H and O–H groups in total. The van der Waals surface area contributed by atoms with Crippen LogP contribution >= 0.6 is 0 Å². The van der Waals surface area contributed by atoms with Crippen LogP contribution in [0.2, 0.25) is 0 Å². The van der Waals surface area contributed by atoms with Crippen LogP contribution in [-0.4, -0.2) is 23.8 Å². The third-order valence-electron chi connectivity index (χ3n) is 16.0. The summed E-state index contributed by atoms with van der Waals surface area (Å²) >= 11 is 0. The minimum Gasteiger partial charge on any atom is -0.334 e. The fourth-order valence-electron chi connectivity index (χ4n) is 12.2. The molecule has 0 amide bonds. The van der Waals surface area contributed by atoms with Gasteiger partial charge in [-0.2, -0.15) is 4.98 Å². The second-order valence-electron chi connectivity index (χ2n) is 20.6. The summed E-state index contributed by atoms with van der Waals surface area (Å²) in [6.45, 7) is 0. The van der Waals surface area contributed by atoms with Crippen molar-refractivity contribution in [2.24, 2.45) is 0 Å². The molecule has 6 heteroatoms. The Hall–Kier alpha value is -10.8. The molecule has 0 bridgehead atoms. The summed E-state index contributed by atoms with van der Waals surface area (Å²) in [5.74, 6) is 1.04. The van der Waals surface area contributed by atoms with Gasteiger partial charge >= 0.3 is 0 Å².